The van der Waals surface area contributed by atoms with Crippen LogP contribution in [-0.4, -0.2) is 15.9 Å². The third kappa shape index (κ3) is 9.36. The summed E-state index contributed by atoms with van der Waals surface area (Å²) >= 11 is 1.80. The molecule has 3 aromatic carbocycles. The average Bonchev–Trinajstić information content (AvgIpc) is 3.73. The second kappa shape index (κ2) is 17.7. The number of furan rings is 1. The molecule has 0 unspecified atom stereocenters. The number of nitrogens with zero attached hydrogens (tertiary/aromatic N) is 1. The van der Waals surface area contributed by atoms with Gasteiger partial charge in [0, 0.05) is 69.4 Å². The predicted molar refractivity (Wildman–Crippen MR) is 232 cm³/mol. The summed E-state index contributed by atoms with van der Waals surface area (Å²) in [5.74, 6) is 1.91. The van der Waals surface area contributed by atoms with Crippen molar-refractivity contribution >= 4 is 48.9 Å². The Labute approximate surface area is 347 Å². The van der Waals surface area contributed by atoms with Gasteiger partial charge in [-0.05, 0) is 79.5 Å². The van der Waals surface area contributed by atoms with Crippen LogP contribution in [0.4, 0.5) is 0 Å². The summed E-state index contributed by atoms with van der Waals surface area (Å²) in [4.78, 5) is 18.3. The molecule has 0 spiro atoms. The first-order valence-electron chi connectivity index (χ1n) is 19.8. The van der Waals surface area contributed by atoms with E-state index < -0.39 is 0 Å². The van der Waals surface area contributed by atoms with Gasteiger partial charge in [0.15, 0.2) is 5.78 Å². The number of aliphatic hydroxyl groups is 1. The van der Waals surface area contributed by atoms with Crippen LogP contribution >= 0.6 is 11.3 Å². The number of aryl methyl sites for hydroxylation is 1. The third-order valence-electron chi connectivity index (χ3n) is 11.8. The van der Waals surface area contributed by atoms with E-state index in [-0.39, 0.29) is 47.9 Å². The van der Waals surface area contributed by atoms with Gasteiger partial charge in [0.2, 0.25) is 0 Å². The van der Waals surface area contributed by atoms with Crippen LogP contribution in [0.15, 0.2) is 83.1 Å². The van der Waals surface area contributed by atoms with Gasteiger partial charge >= 0.3 is 0 Å². The number of hydrogen-bond acceptors (Lipinski definition) is 5. The first kappa shape index (κ1) is 44.1. The molecule has 4 nitrogen and oxygen atoms in total. The van der Waals surface area contributed by atoms with Crippen molar-refractivity contribution in [1.29, 1.82) is 0 Å². The van der Waals surface area contributed by atoms with Crippen molar-refractivity contribution in [2.75, 3.05) is 0 Å². The van der Waals surface area contributed by atoms with Gasteiger partial charge in [0.05, 0.1) is 0 Å². The van der Waals surface area contributed by atoms with Gasteiger partial charge in [-0.3, -0.25) is 9.78 Å². The molecule has 3 heterocycles. The second-order valence-electron chi connectivity index (χ2n) is 17.0. The maximum absolute atomic E-state index is 12.2. The molecule has 6 aromatic rings. The molecule has 6 rings (SSSR count). The molecule has 0 aliphatic heterocycles. The molecule has 0 saturated heterocycles. The fourth-order valence-corrected chi connectivity index (χ4v) is 8.20. The number of carbonyl (C=O) groups excluding carboxylic acids is 1. The summed E-state index contributed by atoms with van der Waals surface area (Å²) in [6.45, 7) is 25.5. The quantitative estimate of drug-likeness (QED) is 0.0799. The first-order valence-corrected chi connectivity index (χ1v) is 20.6. The normalized spacial score (nSPS) is 12.6. The second-order valence-corrected chi connectivity index (χ2v) is 18.0. The Morgan fingerprint density at radius 1 is 0.891 bits per heavy atom. The summed E-state index contributed by atoms with van der Waals surface area (Å²) in [6, 6.07) is 25.6. The molecule has 0 aliphatic rings. The predicted octanol–water partition coefficient (Wildman–Crippen LogP) is 14.8. The number of allylic oxidation sites excluding steroid dienone is 2. The molecule has 6 heteroatoms. The Hall–Kier alpha value is -3.57. The SMILES string of the molecule is CCC(C)(CC)C(=O)/C=C(\O)C(C)(CC)CC.Cc1oc2cc(-c3cc4ccnc(-c5[c-]c6ccccc6c(C(C)(C)C)c5)c4s3)ccc2c1CC(C)C.[Ir]. The Kier molecular flexibility index (Phi) is 14.2. The molecule has 0 aliphatic carbocycles. The van der Waals surface area contributed by atoms with Crippen molar-refractivity contribution in [1.82, 2.24) is 4.98 Å². The minimum absolute atomic E-state index is 0. The van der Waals surface area contributed by atoms with Gasteiger partial charge in [-0.1, -0.05) is 117 Å². The largest absolute Gasteiger partial charge is 0.512 e. The van der Waals surface area contributed by atoms with E-state index >= 15 is 0 Å². The van der Waals surface area contributed by atoms with Crippen LogP contribution in [0, 0.1) is 29.7 Å². The zero-order valence-electron chi connectivity index (χ0n) is 35.0. The number of aliphatic hydroxyl groups excluding tert-OH is 1. The van der Waals surface area contributed by atoms with Gasteiger partial charge in [-0.15, -0.1) is 40.5 Å². The maximum atomic E-state index is 12.2. The van der Waals surface area contributed by atoms with Crippen LogP contribution < -0.4 is 0 Å². The van der Waals surface area contributed by atoms with Crippen molar-refractivity contribution in [2.24, 2.45) is 16.7 Å². The number of pyridine rings is 1. The topological polar surface area (TPSA) is 63.3 Å². The summed E-state index contributed by atoms with van der Waals surface area (Å²) in [6.07, 6.45) is 7.71. The smallest absolute Gasteiger partial charge is 0.164 e. The molecule has 0 amide bonds. The molecule has 0 atom stereocenters. The van der Waals surface area contributed by atoms with E-state index in [0.717, 1.165) is 60.1 Å². The van der Waals surface area contributed by atoms with E-state index in [4.69, 9.17) is 9.40 Å². The van der Waals surface area contributed by atoms with Gasteiger partial charge in [0.1, 0.15) is 17.1 Å². The van der Waals surface area contributed by atoms with E-state index in [1.54, 1.807) is 11.3 Å². The number of ketones is 1. The summed E-state index contributed by atoms with van der Waals surface area (Å²) in [5, 5.41) is 15.0. The van der Waals surface area contributed by atoms with E-state index in [2.05, 4.69) is 108 Å². The van der Waals surface area contributed by atoms with Crippen LogP contribution in [0.3, 0.4) is 0 Å². The van der Waals surface area contributed by atoms with Crippen molar-refractivity contribution in [3.05, 3.63) is 102 Å². The Balaban J connectivity index is 0.000000320. The fourth-order valence-electron chi connectivity index (χ4n) is 7.05. The van der Waals surface area contributed by atoms with Crippen LogP contribution in [0.25, 0.3) is 53.5 Å². The first-order chi connectivity index (χ1) is 25.5. The fraction of sp³-hybridized carbons (Fsp3) is 0.429. The number of carbonyl (C=O) groups is 1. The van der Waals surface area contributed by atoms with E-state index in [9.17, 15) is 9.90 Å². The number of aromatic nitrogens is 1. The summed E-state index contributed by atoms with van der Waals surface area (Å²) < 4.78 is 7.40. The Morgan fingerprint density at radius 2 is 1.55 bits per heavy atom. The standard InChI is InChI=1S/C34H32NOS.C15H28O2.Ir/c1-20(2)15-28-21(3)36-30-18-23(11-12-27(28)30)31-19-24-13-14-35-32(33(24)37-31)25-16-22-9-7-8-10-26(22)29(17-25)34(4,5)6;1-7-14(5,8-2)12(16)11-13(17)15(6,9-3)10-4;/h7-14,17-20H,15H2,1-6H3;11,16H,7-10H2,1-6H3;/q-1;;/b;12-11-;. The van der Waals surface area contributed by atoms with Crippen LogP contribution in [0.2, 0.25) is 0 Å². The average molecular weight is 935 g/mol. The zero-order valence-corrected chi connectivity index (χ0v) is 38.2. The monoisotopic (exact) mass is 935 g/mol. The van der Waals surface area contributed by atoms with E-state index in [1.807, 2.05) is 47.7 Å². The van der Waals surface area contributed by atoms with Crippen molar-refractivity contribution < 1.29 is 34.4 Å². The molecule has 1 N–H and O–H groups in total. The molecule has 0 fully saturated rings. The van der Waals surface area contributed by atoms with Gasteiger partial charge in [0.25, 0.3) is 0 Å². The summed E-state index contributed by atoms with van der Waals surface area (Å²) in [5.41, 5.74) is 6.28. The van der Waals surface area contributed by atoms with Crippen molar-refractivity contribution in [3.8, 4) is 21.7 Å². The number of hydrogen-bond donors (Lipinski definition) is 1. The molecule has 3 aromatic heterocycles. The number of fused-ring (bicyclic) bond motifs is 3. The van der Waals surface area contributed by atoms with Gasteiger partial charge in [-0.25, -0.2) is 0 Å². The zero-order chi connectivity index (χ0) is 39.6. The minimum atomic E-state index is -0.337. The van der Waals surface area contributed by atoms with E-state index in [0.29, 0.717) is 5.92 Å². The van der Waals surface area contributed by atoms with Crippen LogP contribution in [-0.2, 0) is 36.7 Å². The maximum Gasteiger partial charge on any atom is 0.164 e. The molecule has 295 valence electrons. The number of thiophene rings is 1. The number of benzene rings is 3. The molecular weight excluding hydrogens is 875 g/mol. The molecule has 1 radical (unpaired) electrons. The molecule has 55 heavy (non-hydrogen) atoms. The van der Waals surface area contributed by atoms with Crippen LogP contribution in [0.5, 0.6) is 0 Å². The van der Waals surface area contributed by atoms with Crippen molar-refractivity contribution in [2.45, 2.75) is 121 Å². The van der Waals surface area contributed by atoms with Crippen molar-refractivity contribution in [3.63, 3.8) is 0 Å². The third-order valence-corrected chi connectivity index (χ3v) is 13.0. The van der Waals surface area contributed by atoms with Gasteiger partial charge < -0.3 is 9.52 Å². The summed E-state index contributed by atoms with van der Waals surface area (Å²) in [7, 11) is 0. The molecular formula is C49H60IrNO3S-. The van der Waals surface area contributed by atoms with Crippen LogP contribution in [0.1, 0.15) is 119 Å². The molecule has 0 saturated carbocycles. The van der Waals surface area contributed by atoms with E-state index in [1.165, 1.54) is 48.5 Å². The Morgan fingerprint density at radius 3 is 2.16 bits per heavy atom. The molecule has 0 bridgehead atoms. The number of rotatable bonds is 11. The minimum Gasteiger partial charge on any atom is -0.512 e. The van der Waals surface area contributed by atoms with Gasteiger partial charge in [-0.2, -0.15) is 0 Å². The Bertz CT molecular complexity index is 2290.